The lowest BCUT2D eigenvalue weighted by molar-refractivity contribution is -0.142. The first-order chi connectivity index (χ1) is 14.4. The Bertz CT molecular complexity index is 1100. The van der Waals surface area contributed by atoms with Crippen LogP contribution in [0.1, 0.15) is 31.9 Å². The molecule has 3 atom stereocenters. The molecule has 0 saturated heterocycles. The zero-order chi connectivity index (χ0) is 21.7. The van der Waals surface area contributed by atoms with Gasteiger partial charge in [-0.1, -0.05) is 67.9 Å². The first-order valence-electron chi connectivity index (χ1n) is 9.83. The molecule has 156 valence electrons. The SMILES string of the molecule is CCC(C)C(C(=O)NC(Cc1ccccc1)C(=O)O)n1nnc2ccccc2c1=O. The van der Waals surface area contributed by atoms with Crippen molar-refractivity contribution in [3.63, 3.8) is 0 Å². The van der Waals surface area contributed by atoms with Crippen molar-refractivity contribution >= 4 is 22.8 Å². The summed E-state index contributed by atoms with van der Waals surface area (Å²) in [6.07, 6.45) is 0.725. The third-order valence-electron chi connectivity index (χ3n) is 5.20. The molecule has 8 heteroatoms. The molecule has 2 N–H and O–H groups in total. The van der Waals surface area contributed by atoms with Gasteiger partial charge in [-0.25, -0.2) is 4.79 Å². The van der Waals surface area contributed by atoms with Crippen LogP contribution in [0.3, 0.4) is 0 Å². The molecule has 3 aromatic rings. The van der Waals surface area contributed by atoms with E-state index in [4.69, 9.17) is 0 Å². The largest absolute Gasteiger partial charge is 0.480 e. The number of benzene rings is 2. The number of aromatic nitrogens is 3. The number of nitrogens with one attached hydrogen (secondary N) is 1. The summed E-state index contributed by atoms with van der Waals surface area (Å²) in [6, 6.07) is 13.7. The minimum absolute atomic E-state index is 0.132. The Morgan fingerprint density at radius 2 is 1.77 bits per heavy atom. The molecule has 3 rings (SSSR count). The molecule has 0 aliphatic heterocycles. The van der Waals surface area contributed by atoms with Crippen molar-refractivity contribution in [3.05, 3.63) is 70.5 Å². The number of hydrogen-bond acceptors (Lipinski definition) is 5. The van der Waals surface area contributed by atoms with Crippen LogP contribution in [0.5, 0.6) is 0 Å². The van der Waals surface area contributed by atoms with Gasteiger partial charge in [0, 0.05) is 6.42 Å². The molecule has 0 radical (unpaired) electrons. The Balaban J connectivity index is 1.93. The number of carbonyl (C=O) groups excluding carboxylic acids is 1. The van der Waals surface area contributed by atoms with Gasteiger partial charge in [0.25, 0.3) is 5.56 Å². The number of amides is 1. The first-order valence-corrected chi connectivity index (χ1v) is 9.83. The molecule has 0 aliphatic rings. The van der Waals surface area contributed by atoms with Gasteiger partial charge in [0.1, 0.15) is 17.6 Å². The lowest BCUT2D eigenvalue weighted by Crippen LogP contribution is -2.48. The quantitative estimate of drug-likeness (QED) is 0.591. The summed E-state index contributed by atoms with van der Waals surface area (Å²) in [4.78, 5) is 37.9. The molecule has 2 aromatic carbocycles. The van der Waals surface area contributed by atoms with Crippen molar-refractivity contribution in [2.45, 2.75) is 38.8 Å². The van der Waals surface area contributed by atoms with Crippen LogP contribution in [0.2, 0.25) is 0 Å². The van der Waals surface area contributed by atoms with Gasteiger partial charge in [0.2, 0.25) is 5.91 Å². The van der Waals surface area contributed by atoms with E-state index in [1.807, 2.05) is 32.0 Å². The highest BCUT2D eigenvalue weighted by atomic mass is 16.4. The molecule has 1 aromatic heterocycles. The van der Waals surface area contributed by atoms with Crippen molar-refractivity contribution in [2.75, 3.05) is 0 Å². The molecule has 1 amide bonds. The van der Waals surface area contributed by atoms with E-state index < -0.39 is 29.5 Å². The predicted octanol–water partition coefficient (Wildman–Crippen LogP) is 2.19. The lowest BCUT2D eigenvalue weighted by atomic mass is 9.97. The zero-order valence-electron chi connectivity index (χ0n) is 16.9. The van der Waals surface area contributed by atoms with Gasteiger partial charge in [-0.05, 0) is 23.6 Å². The average molecular weight is 408 g/mol. The minimum atomic E-state index is -1.15. The molecule has 8 nitrogen and oxygen atoms in total. The fourth-order valence-corrected chi connectivity index (χ4v) is 3.32. The predicted molar refractivity (Wildman–Crippen MR) is 112 cm³/mol. The van der Waals surface area contributed by atoms with Crippen LogP contribution in [-0.4, -0.2) is 38.0 Å². The van der Waals surface area contributed by atoms with E-state index in [9.17, 15) is 19.5 Å². The number of nitrogens with zero attached hydrogens (tertiary/aromatic N) is 3. The van der Waals surface area contributed by atoms with Crippen molar-refractivity contribution in [3.8, 4) is 0 Å². The molecule has 0 aliphatic carbocycles. The van der Waals surface area contributed by atoms with Crippen molar-refractivity contribution < 1.29 is 14.7 Å². The molecule has 1 heterocycles. The Morgan fingerprint density at radius 1 is 1.10 bits per heavy atom. The van der Waals surface area contributed by atoms with E-state index in [0.717, 1.165) is 10.2 Å². The van der Waals surface area contributed by atoms with E-state index in [1.54, 1.807) is 36.4 Å². The van der Waals surface area contributed by atoms with Gasteiger partial charge < -0.3 is 10.4 Å². The zero-order valence-corrected chi connectivity index (χ0v) is 16.9. The number of carboxylic acid groups (broad SMARTS) is 1. The summed E-state index contributed by atoms with van der Waals surface area (Å²) in [6.45, 7) is 3.71. The third kappa shape index (κ3) is 4.53. The Kier molecular flexibility index (Phi) is 6.56. The summed E-state index contributed by atoms with van der Waals surface area (Å²) in [5, 5.41) is 20.6. The molecule has 0 spiro atoms. The van der Waals surface area contributed by atoms with Crippen LogP contribution in [0.4, 0.5) is 0 Å². The molecule has 0 fully saturated rings. The van der Waals surface area contributed by atoms with E-state index >= 15 is 0 Å². The fraction of sp³-hybridized carbons (Fsp3) is 0.318. The van der Waals surface area contributed by atoms with E-state index in [0.29, 0.717) is 17.3 Å². The van der Waals surface area contributed by atoms with Gasteiger partial charge in [-0.2, -0.15) is 4.68 Å². The van der Waals surface area contributed by atoms with E-state index in [2.05, 4.69) is 15.6 Å². The molecule has 0 bridgehead atoms. The topological polar surface area (TPSA) is 114 Å². The van der Waals surface area contributed by atoms with E-state index in [-0.39, 0.29) is 12.3 Å². The second-order valence-electron chi connectivity index (χ2n) is 7.28. The number of aliphatic carboxylic acids is 1. The summed E-state index contributed by atoms with van der Waals surface area (Å²) in [5.74, 6) is -1.98. The molecule has 3 unspecified atom stereocenters. The maximum Gasteiger partial charge on any atom is 0.326 e. The normalized spacial score (nSPS) is 14.1. The van der Waals surface area contributed by atoms with Gasteiger partial charge in [0.15, 0.2) is 0 Å². The third-order valence-corrected chi connectivity index (χ3v) is 5.20. The Labute approximate surface area is 173 Å². The molecule has 0 saturated carbocycles. The number of hydrogen-bond donors (Lipinski definition) is 2. The second-order valence-corrected chi connectivity index (χ2v) is 7.28. The first kappa shape index (κ1) is 21.2. The summed E-state index contributed by atoms with van der Waals surface area (Å²) in [7, 11) is 0. The van der Waals surface area contributed by atoms with Gasteiger partial charge in [0.05, 0.1) is 5.39 Å². The highest BCUT2D eigenvalue weighted by Gasteiger charge is 2.32. The van der Waals surface area contributed by atoms with Crippen LogP contribution in [0.25, 0.3) is 10.9 Å². The average Bonchev–Trinajstić information content (AvgIpc) is 2.75. The summed E-state index contributed by atoms with van der Waals surface area (Å²) in [5.41, 5.74) is 0.790. The summed E-state index contributed by atoms with van der Waals surface area (Å²) >= 11 is 0. The number of carboxylic acids is 1. The monoisotopic (exact) mass is 408 g/mol. The van der Waals surface area contributed by atoms with Crippen LogP contribution < -0.4 is 10.9 Å². The molecule has 30 heavy (non-hydrogen) atoms. The van der Waals surface area contributed by atoms with Gasteiger partial charge >= 0.3 is 5.97 Å². The molecular formula is C22H24N4O4. The van der Waals surface area contributed by atoms with Crippen LogP contribution in [0, 0.1) is 5.92 Å². The van der Waals surface area contributed by atoms with Crippen molar-refractivity contribution in [1.29, 1.82) is 0 Å². The van der Waals surface area contributed by atoms with Crippen LogP contribution >= 0.6 is 0 Å². The maximum absolute atomic E-state index is 13.1. The highest BCUT2D eigenvalue weighted by molar-refractivity contribution is 5.86. The van der Waals surface area contributed by atoms with Crippen molar-refractivity contribution in [2.24, 2.45) is 5.92 Å². The highest BCUT2D eigenvalue weighted by Crippen LogP contribution is 2.20. The van der Waals surface area contributed by atoms with Gasteiger partial charge in [-0.15, -0.1) is 5.10 Å². The smallest absolute Gasteiger partial charge is 0.326 e. The Hall–Kier alpha value is -3.55. The minimum Gasteiger partial charge on any atom is -0.480 e. The summed E-state index contributed by atoms with van der Waals surface area (Å²) < 4.78 is 1.06. The maximum atomic E-state index is 13.1. The Morgan fingerprint density at radius 3 is 2.43 bits per heavy atom. The number of carbonyl (C=O) groups is 2. The number of fused-ring (bicyclic) bond motifs is 1. The lowest BCUT2D eigenvalue weighted by Gasteiger charge is -2.25. The standard InChI is InChI=1S/C22H24N4O4/c1-3-14(2)19(26-21(28)16-11-7-8-12-17(16)24-25-26)20(27)23-18(22(29)30)13-15-9-5-4-6-10-15/h4-12,14,18-19H,3,13H2,1-2H3,(H,23,27)(H,29,30). The number of rotatable bonds is 8. The second kappa shape index (κ2) is 9.30. The van der Waals surface area contributed by atoms with Crippen LogP contribution in [-0.2, 0) is 16.0 Å². The van der Waals surface area contributed by atoms with E-state index in [1.165, 1.54) is 0 Å². The van der Waals surface area contributed by atoms with Crippen molar-refractivity contribution in [1.82, 2.24) is 20.3 Å². The van der Waals surface area contributed by atoms with Gasteiger partial charge in [-0.3, -0.25) is 9.59 Å². The molecular weight excluding hydrogens is 384 g/mol. The fourth-order valence-electron chi connectivity index (χ4n) is 3.32. The van der Waals surface area contributed by atoms with Crippen LogP contribution in [0.15, 0.2) is 59.4 Å².